The predicted octanol–water partition coefficient (Wildman–Crippen LogP) is 5.12. The number of ether oxygens (including phenoxy) is 1. The Kier molecular flexibility index (Phi) is 4.44. The van der Waals surface area contributed by atoms with Crippen LogP contribution in [0, 0.1) is 0 Å². The molecule has 1 aromatic heterocycles. The summed E-state index contributed by atoms with van der Waals surface area (Å²) in [5, 5.41) is 4.31. The van der Waals surface area contributed by atoms with Crippen LogP contribution in [0.5, 0.6) is 0 Å². The summed E-state index contributed by atoms with van der Waals surface area (Å²) in [7, 11) is 0. The van der Waals surface area contributed by atoms with Gasteiger partial charge in [0.05, 0.1) is 23.5 Å². The molecule has 0 saturated carbocycles. The number of nitrogens with one attached hydrogen (secondary N) is 1. The van der Waals surface area contributed by atoms with Crippen molar-refractivity contribution in [1.29, 1.82) is 0 Å². The van der Waals surface area contributed by atoms with Crippen LogP contribution in [0.3, 0.4) is 0 Å². The minimum absolute atomic E-state index is 0.318. The van der Waals surface area contributed by atoms with E-state index in [9.17, 15) is 4.79 Å². The van der Waals surface area contributed by atoms with Crippen LogP contribution in [-0.4, -0.2) is 17.7 Å². The van der Waals surface area contributed by atoms with Gasteiger partial charge in [-0.15, -0.1) is 0 Å². The zero-order chi connectivity index (χ0) is 16.2. The van der Waals surface area contributed by atoms with E-state index in [1.807, 2.05) is 54.6 Å². The van der Waals surface area contributed by atoms with Crippen molar-refractivity contribution in [3.05, 3.63) is 59.6 Å². The summed E-state index contributed by atoms with van der Waals surface area (Å²) in [6.07, 6.45) is -0.481. The minimum atomic E-state index is -0.481. The molecule has 0 aliphatic heterocycles. The number of carbonyl (C=O) groups is 1. The summed E-state index contributed by atoms with van der Waals surface area (Å²) in [6.45, 7) is 2.09. The van der Waals surface area contributed by atoms with Crippen molar-refractivity contribution in [3.63, 3.8) is 0 Å². The second kappa shape index (κ2) is 6.67. The average Bonchev–Trinajstić information content (AvgIpc) is 2.55. The second-order valence-corrected chi connectivity index (χ2v) is 5.36. The Labute approximate surface area is 139 Å². The van der Waals surface area contributed by atoms with Gasteiger partial charge >= 0.3 is 6.09 Å². The Morgan fingerprint density at radius 1 is 1.17 bits per heavy atom. The van der Waals surface area contributed by atoms with E-state index in [0.29, 0.717) is 17.3 Å². The van der Waals surface area contributed by atoms with Crippen LogP contribution in [0.25, 0.3) is 22.2 Å². The maximum absolute atomic E-state index is 11.8. The lowest BCUT2D eigenvalue weighted by Gasteiger charge is -2.11. The van der Waals surface area contributed by atoms with E-state index in [4.69, 9.17) is 16.3 Å². The van der Waals surface area contributed by atoms with Gasteiger partial charge in [-0.3, -0.25) is 5.32 Å². The molecule has 3 aromatic rings. The number of hydrogen-bond acceptors (Lipinski definition) is 3. The fraction of sp³-hybridized carbons (Fsp3) is 0.111. The molecule has 1 amide bonds. The van der Waals surface area contributed by atoms with Crippen molar-refractivity contribution in [2.45, 2.75) is 6.92 Å². The molecule has 1 heterocycles. The summed E-state index contributed by atoms with van der Waals surface area (Å²) in [4.78, 5) is 16.4. The number of rotatable bonds is 3. The molecule has 0 fully saturated rings. The van der Waals surface area contributed by atoms with Crippen molar-refractivity contribution >= 4 is 34.3 Å². The molecule has 5 heteroatoms. The number of benzene rings is 2. The zero-order valence-electron chi connectivity index (χ0n) is 12.5. The number of aromatic nitrogens is 1. The Bertz CT molecular complexity index is 847. The van der Waals surface area contributed by atoms with Crippen LogP contribution in [0.4, 0.5) is 10.5 Å². The Morgan fingerprint density at radius 2 is 1.91 bits per heavy atom. The number of carbonyl (C=O) groups excluding carboxylic acids is 1. The van der Waals surface area contributed by atoms with Gasteiger partial charge in [-0.2, -0.15) is 0 Å². The molecule has 0 spiro atoms. The SMILES string of the molecule is CCOC(=O)Nc1cc(-c2ccc(Cl)cc2)nc2ccccc12. The number of amides is 1. The first-order valence-corrected chi connectivity index (χ1v) is 7.64. The third kappa shape index (κ3) is 3.43. The Balaban J connectivity index is 2.09. The van der Waals surface area contributed by atoms with Crippen molar-refractivity contribution < 1.29 is 9.53 Å². The highest BCUT2D eigenvalue weighted by atomic mass is 35.5. The molecule has 1 N–H and O–H groups in total. The highest BCUT2D eigenvalue weighted by Crippen LogP contribution is 2.29. The third-order valence-corrected chi connectivity index (χ3v) is 3.62. The molecule has 4 nitrogen and oxygen atoms in total. The molecule has 3 rings (SSSR count). The molecule has 0 unspecified atom stereocenters. The first kappa shape index (κ1) is 15.3. The van der Waals surface area contributed by atoms with Crippen LogP contribution >= 0.6 is 11.6 Å². The zero-order valence-corrected chi connectivity index (χ0v) is 13.3. The predicted molar refractivity (Wildman–Crippen MR) is 92.8 cm³/mol. The molecule has 0 atom stereocenters. The second-order valence-electron chi connectivity index (χ2n) is 4.92. The van der Waals surface area contributed by atoms with E-state index in [1.165, 1.54) is 0 Å². The van der Waals surface area contributed by atoms with Gasteiger partial charge in [0, 0.05) is 16.0 Å². The normalized spacial score (nSPS) is 10.5. The molecular weight excluding hydrogens is 312 g/mol. The van der Waals surface area contributed by atoms with Gasteiger partial charge in [-0.05, 0) is 31.2 Å². The molecular formula is C18H15ClN2O2. The standard InChI is InChI=1S/C18H15ClN2O2/c1-2-23-18(22)21-17-11-16(12-7-9-13(19)10-8-12)20-15-6-4-3-5-14(15)17/h3-11H,2H2,1H3,(H,20,21,22). The number of para-hydroxylation sites is 1. The van der Waals surface area contributed by atoms with Gasteiger partial charge in [0.1, 0.15) is 0 Å². The van der Waals surface area contributed by atoms with E-state index in [2.05, 4.69) is 10.3 Å². The molecule has 0 radical (unpaired) electrons. The highest BCUT2D eigenvalue weighted by molar-refractivity contribution is 6.30. The lowest BCUT2D eigenvalue weighted by atomic mass is 10.1. The molecule has 0 aliphatic carbocycles. The largest absolute Gasteiger partial charge is 0.450 e. The number of halogens is 1. The highest BCUT2D eigenvalue weighted by Gasteiger charge is 2.10. The molecule has 116 valence electrons. The quantitative estimate of drug-likeness (QED) is 0.726. The fourth-order valence-electron chi connectivity index (χ4n) is 2.32. The fourth-order valence-corrected chi connectivity index (χ4v) is 2.45. The number of nitrogens with zero attached hydrogens (tertiary/aromatic N) is 1. The summed E-state index contributed by atoms with van der Waals surface area (Å²) < 4.78 is 4.97. The van der Waals surface area contributed by atoms with Crippen molar-refractivity contribution in [2.75, 3.05) is 11.9 Å². The lowest BCUT2D eigenvalue weighted by Crippen LogP contribution is -2.13. The average molecular weight is 327 g/mol. The smallest absolute Gasteiger partial charge is 0.411 e. The molecule has 0 aliphatic rings. The number of fused-ring (bicyclic) bond motifs is 1. The van der Waals surface area contributed by atoms with Gasteiger partial charge in [0.15, 0.2) is 0 Å². The van der Waals surface area contributed by atoms with E-state index < -0.39 is 6.09 Å². The molecule has 0 bridgehead atoms. The van der Waals surface area contributed by atoms with Crippen molar-refractivity contribution in [2.24, 2.45) is 0 Å². The summed E-state index contributed by atoms with van der Waals surface area (Å²) in [5.41, 5.74) is 3.14. The number of hydrogen-bond donors (Lipinski definition) is 1. The Hall–Kier alpha value is -2.59. The van der Waals surface area contributed by atoms with Crippen LogP contribution in [-0.2, 0) is 4.74 Å². The molecule has 23 heavy (non-hydrogen) atoms. The first-order valence-electron chi connectivity index (χ1n) is 7.27. The van der Waals surface area contributed by atoms with Crippen LogP contribution in [0.1, 0.15) is 6.92 Å². The lowest BCUT2D eigenvalue weighted by molar-refractivity contribution is 0.168. The monoisotopic (exact) mass is 326 g/mol. The maximum Gasteiger partial charge on any atom is 0.411 e. The van der Waals surface area contributed by atoms with Gasteiger partial charge < -0.3 is 4.74 Å². The van der Waals surface area contributed by atoms with Crippen LogP contribution < -0.4 is 5.32 Å². The Morgan fingerprint density at radius 3 is 2.65 bits per heavy atom. The van der Waals surface area contributed by atoms with Gasteiger partial charge in [0.2, 0.25) is 0 Å². The minimum Gasteiger partial charge on any atom is -0.450 e. The van der Waals surface area contributed by atoms with E-state index in [1.54, 1.807) is 6.92 Å². The topological polar surface area (TPSA) is 51.2 Å². The van der Waals surface area contributed by atoms with Crippen molar-refractivity contribution in [1.82, 2.24) is 4.98 Å². The van der Waals surface area contributed by atoms with Gasteiger partial charge in [-0.25, -0.2) is 9.78 Å². The van der Waals surface area contributed by atoms with E-state index in [0.717, 1.165) is 22.2 Å². The van der Waals surface area contributed by atoms with E-state index >= 15 is 0 Å². The number of pyridine rings is 1. The summed E-state index contributed by atoms with van der Waals surface area (Å²) >= 11 is 5.94. The van der Waals surface area contributed by atoms with Crippen LogP contribution in [0.2, 0.25) is 5.02 Å². The van der Waals surface area contributed by atoms with Gasteiger partial charge in [0.25, 0.3) is 0 Å². The van der Waals surface area contributed by atoms with Gasteiger partial charge in [-0.1, -0.05) is 41.9 Å². The summed E-state index contributed by atoms with van der Waals surface area (Å²) in [5.74, 6) is 0. The van der Waals surface area contributed by atoms with Crippen molar-refractivity contribution in [3.8, 4) is 11.3 Å². The van der Waals surface area contributed by atoms with Crippen LogP contribution in [0.15, 0.2) is 54.6 Å². The molecule has 2 aromatic carbocycles. The maximum atomic E-state index is 11.8. The number of anilines is 1. The third-order valence-electron chi connectivity index (χ3n) is 3.37. The first-order chi connectivity index (χ1) is 11.2. The molecule has 0 saturated heterocycles. The summed E-state index contributed by atoms with van der Waals surface area (Å²) in [6, 6.07) is 16.9. The van der Waals surface area contributed by atoms with E-state index in [-0.39, 0.29) is 0 Å².